The minimum atomic E-state index is -0.873. The molecule has 128 valence electrons. The van der Waals surface area contributed by atoms with Gasteiger partial charge in [-0.2, -0.15) is 10.4 Å². The summed E-state index contributed by atoms with van der Waals surface area (Å²) in [6.45, 7) is 6.04. The number of fused-ring (bicyclic) bond motifs is 1. The molecule has 0 amide bonds. The van der Waals surface area contributed by atoms with Gasteiger partial charge >= 0.3 is 0 Å². The summed E-state index contributed by atoms with van der Waals surface area (Å²) in [5, 5.41) is 23.9. The summed E-state index contributed by atoms with van der Waals surface area (Å²) >= 11 is 0. The monoisotopic (exact) mass is 337 g/mol. The zero-order valence-corrected chi connectivity index (χ0v) is 14.3. The number of nitriles is 1. The van der Waals surface area contributed by atoms with Gasteiger partial charge in [0.15, 0.2) is 5.65 Å². The smallest absolute Gasteiger partial charge is 0.264 e. The predicted octanol–water partition coefficient (Wildman–Crippen LogP) is 1.95. The van der Waals surface area contributed by atoms with E-state index in [2.05, 4.69) is 10.1 Å². The summed E-state index contributed by atoms with van der Waals surface area (Å²) in [6.07, 6.45) is 2.07. The van der Waals surface area contributed by atoms with Crippen molar-refractivity contribution in [2.45, 2.75) is 39.0 Å². The second-order valence-electron chi connectivity index (χ2n) is 6.92. The number of benzene rings is 1. The van der Waals surface area contributed by atoms with Gasteiger partial charge in [0, 0.05) is 0 Å². The lowest BCUT2D eigenvalue weighted by molar-refractivity contribution is 0.155. The summed E-state index contributed by atoms with van der Waals surface area (Å²) in [7, 11) is 0. The molecule has 0 saturated heterocycles. The standard InChI is InChI=1S/C18H19N5O2/c1-18(2,3)23-16-14(9-21-23)17(25)22(11-20-16)10-15(24)13-6-4-12(8-19)5-7-13/h4-7,9,11,15,24H,10H2,1-3H3. The first kappa shape index (κ1) is 16.9. The van der Waals surface area contributed by atoms with E-state index >= 15 is 0 Å². The molecule has 2 aromatic heterocycles. The van der Waals surface area contributed by atoms with Crippen LogP contribution in [0.25, 0.3) is 11.0 Å². The molecule has 0 aliphatic rings. The zero-order valence-electron chi connectivity index (χ0n) is 14.3. The second-order valence-corrected chi connectivity index (χ2v) is 6.92. The van der Waals surface area contributed by atoms with E-state index in [0.717, 1.165) is 0 Å². The first-order valence-electron chi connectivity index (χ1n) is 7.93. The number of nitrogens with zero attached hydrogens (tertiary/aromatic N) is 5. The van der Waals surface area contributed by atoms with Crippen molar-refractivity contribution in [3.8, 4) is 6.07 Å². The number of rotatable bonds is 3. The molecule has 1 N–H and O–H groups in total. The maximum atomic E-state index is 12.7. The number of aliphatic hydroxyl groups is 1. The fourth-order valence-electron chi connectivity index (χ4n) is 2.64. The van der Waals surface area contributed by atoms with Crippen molar-refractivity contribution in [1.82, 2.24) is 19.3 Å². The van der Waals surface area contributed by atoms with Crippen molar-refractivity contribution in [3.63, 3.8) is 0 Å². The van der Waals surface area contributed by atoms with Crippen LogP contribution in [0.1, 0.15) is 38.0 Å². The molecule has 0 fully saturated rings. The van der Waals surface area contributed by atoms with Crippen LogP contribution in [-0.2, 0) is 12.1 Å². The quantitative estimate of drug-likeness (QED) is 0.788. The van der Waals surface area contributed by atoms with Gasteiger partial charge in [-0.1, -0.05) is 12.1 Å². The van der Waals surface area contributed by atoms with Gasteiger partial charge in [-0.25, -0.2) is 9.67 Å². The van der Waals surface area contributed by atoms with E-state index in [1.54, 1.807) is 28.9 Å². The number of hydrogen-bond acceptors (Lipinski definition) is 5. The van der Waals surface area contributed by atoms with Crippen molar-refractivity contribution < 1.29 is 5.11 Å². The van der Waals surface area contributed by atoms with Crippen molar-refractivity contribution in [2.75, 3.05) is 0 Å². The Morgan fingerprint density at radius 1 is 1.28 bits per heavy atom. The van der Waals surface area contributed by atoms with Crippen LogP contribution in [-0.4, -0.2) is 24.4 Å². The Balaban J connectivity index is 1.93. The van der Waals surface area contributed by atoms with E-state index in [-0.39, 0.29) is 17.6 Å². The molecule has 0 spiro atoms. The van der Waals surface area contributed by atoms with Gasteiger partial charge in [-0.3, -0.25) is 9.36 Å². The van der Waals surface area contributed by atoms with Crippen LogP contribution >= 0.6 is 0 Å². The van der Waals surface area contributed by atoms with Gasteiger partial charge in [-0.15, -0.1) is 0 Å². The Bertz CT molecular complexity index is 1000. The molecule has 0 aliphatic carbocycles. The first-order valence-corrected chi connectivity index (χ1v) is 7.93. The molecule has 7 nitrogen and oxygen atoms in total. The Hall–Kier alpha value is -2.98. The molecule has 3 rings (SSSR count). The van der Waals surface area contributed by atoms with E-state index < -0.39 is 6.10 Å². The topological polar surface area (TPSA) is 96.7 Å². The molecule has 25 heavy (non-hydrogen) atoms. The Labute approximate surface area is 144 Å². The van der Waals surface area contributed by atoms with Crippen LogP contribution in [0.3, 0.4) is 0 Å². The third-order valence-corrected chi connectivity index (χ3v) is 3.98. The summed E-state index contributed by atoms with van der Waals surface area (Å²) in [6, 6.07) is 8.66. The highest BCUT2D eigenvalue weighted by atomic mass is 16.3. The third kappa shape index (κ3) is 3.16. The van der Waals surface area contributed by atoms with Crippen LogP contribution in [0.5, 0.6) is 0 Å². The molecule has 1 aromatic carbocycles. The minimum Gasteiger partial charge on any atom is -0.387 e. The van der Waals surface area contributed by atoms with Crippen LogP contribution in [0.4, 0.5) is 0 Å². The normalized spacial score (nSPS) is 12.9. The second kappa shape index (κ2) is 6.15. The lowest BCUT2D eigenvalue weighted by atomic mass is 10.1. The van der Waals surface area contributed by atoms with E-state index in [4.69, 9.17) is 5.26 Å². The van der Waals surface area contributed by atoms with Crippen LogP contribution < -0.4 is 5.56 Å². The Kier molecular flexibility index (Phi) is 4.15. The lowest BCUT2D eigenvalue weighted by Gasteiger charge is -2.19. The third-order valence-electron chi connectivity index (χ3n) is 3.98. The molecule has 7 heteroatoms. The van der Waals surface area contributed by atoms with Gasteiger partial charge in [0.2, 0.25) is 0 Å². The molecule has 3 aromatic rings. The van der Waals surface area contributed by atoms with Gasteiger partial charge < -0.3 is 5.11 Å². The van der Waals surface area contributed by atoms with Gasteiger partial charge in [0.05, 0.1) is 36.0 Å². The average Bonchev–Trinajstić information content (AvgIpc) is 3.02. The summed E-state index contributed by atoms with van der Waals surface area (Å²) in [4.78, 5) is 17.0. The molecular formula is C18H19N5O2. The number of aromatic nitrogens is 4. The minimum absolute atomic E-state index is 0.0777. The van der Waals surface area contributed by atoms with Crippen LogP contribution in [0.2, 0.25) is 0 Å². The first-order chi connectivity index (χ1) is 11.8. The van der Waals surface area contributed by atoms with Gasteiger partial charge in [-0.05, 0) is 38.5 Å². The van der Waals surface area contributed by atoms with Crippen molar-refractivity contribution in [3.05, 3.63) is 58.3 Å². The molecule has 0 saturated carbocycles. The van der Waals surface area contributed by atoms with Crippen molar-refractivity contribution in [2.24, 2.45) is 0 Å². The lowest BCUT2D eigenvalue weighted by Crippen LogP contribution is -2.26. The zero-order chi connectivity index (χ0) is 18.2. The highest BCUT2D eigenvalue weighted by Crippen LogP contribution is 2.19. The van der Waals surface area contributed by atoms with Gasteiger partial charge in [0.25, 0.3) is 5.56 Å². The largest absolute Gasteiger partial charge is 0.387 e. The van der Waals surface area contributed by atoms with E-state index in [0.29, 0.717) is 22.2 Å². The summed E-state index contributed by atoms with van der Waals surface area (Å²) in [5.41, 5.74) is 1.16. The maximum Gasteiger partial charge on any atom is 0.264 e. The Morgan fingerprint density at radius 3 is 2.56 bits per heavy atom. The van der Waals surface area contributed by atoms with Gasteiger partial charge in [0.1, 0.15) is 11.7 Å². The Morgan fingerprint density at radius 2 is 1.96 bits per heavy atom. The molecule has 0 bridgehead atoms. The fraction of sp³-hybridized carbons (Fsp3) is 0.333. The maximum absolute atomic E-state index is 12.7. The SMILES string of the molecule is CC(C)(C)n1ncc2c(=O)n(CC(O)c3ccc(C#N)cc3)cnc21. The van der Waals surface area contributed by atoms with Crippen LogP contribution in [0, 0.1) is 11.3 Å². The van der Waals surface area contributed by atoms with E-state index in [1.807, 2.05) is 26.8 Å². The number of aliphatic hydroxyl groups excluding tert-OH is 1. The molecular weight excluding hydrogens is 318 g/mol. The molecule has 2 heterocycles. The van der Waals surface area contributed by atoms with Crippen molar-refractivity contribution >= 4 is 11.0 Å². The summed E-state index contributed by atoms with van der Waals surface area (Å²) < 4.78 is 3.09. The summed E-state index contributed by atoms with van der Waals surface area (Å²) in [5.74, 6) is 0. The van der Waals surface area contributed by atoms with E-state index in [9.17, 15) is 9.90 Å². The average molecular weight is 337 g/mol. The highest BCUT2D eigenvalue weighted by molar-refractivity contribution is 5.73. The van der Waals surface area contributed by atoms with E-state index in [1.165, 1.54) is 17.1 Å². The molecule has 0 radical (unpaired) electrons. The molecule has 0 aliphatic heterocycles. The predicted molar refractivity (Wildman–Crippen MR) is 92.9 cm³/mol. The molecule has 1 atom stereocenters. The molecule has 1 unspecified atom stereocenters. The van der Waals surface area contributed by atoms with Crippen molar-refractivity contribution in [1.29, 1.82) is 5.26 Å². The number of hydrogen-bond donors (Lipinski definition) is 1. The highest BCUT2D eigenvalue weighted by Gasteiger charge is 2.20. The fourth-order valence-corrected chi connectivity index (χ4v) is 2.64. The van der Waals surface area contributed by atoms with Crippen LogP contribution in [0.15, 0.2) is 41.6 Å².